The van der Waals surface area contributed by atoms with Gasteiger partial charge in [0.2, 0.25) is 5.95 Å². The number of H-pyrrole nitrogens is 1. The summed E-state index contributed by atoms with van der Waals surface area (Å²) in [5.74, 6) is -0.0874. The number of aliphatic hydroxyl groups excluding tert-OH is 1. The molecule has 10 nitrogen and oxygen atoms in total. The molecule has 0 spiro atoms. The van der Waals surface area contributed by atoms with Crippen molar-refractivity contribution in [3.05, 3.63) is 16.7 Å². The second-order valence-electron chi connectivity index (χ2n) is 16.9. The van der Waals surface area contributed by atoms with Crippen molar-refractivity contribution < 1.29 is 20.1 Å². The summed E-state index contributed by atoms with van der Waals surface area (Å²) in [6.45, 7) is 31.5. The quantitative estimate of drug-likeness (QED) is 0.302. The van der Waals surface area contributed by atoms with Gasteiger partial charge in [0.25, 0.3) is 5.56 Å². The van der Waals surface area contributed by atoms with E-state index in [1.165, 1.54) is 6.33 Å². The van der Waals surface area contributed by atoms with E-state index in [1.54, 1.807) is 4.57 Å². The second kappa shape index (κ2) is 9.57. The maximum absolute atomic E-state index is 13.6. The molecule has 1 saturated heterocycles. The number of hydrogen-bond donors (Lipinski definition) is 5. The van der Waals surface area contributed by atoms with Gasteiger partial charge < -0.3 is 25.8 Å². The van der Waals surface area contributed by atoms with Gasteiger partial charge >= 0.3 is 0 Å². The molecule has 0 radical (unpaired) electrons. The van der Waals surface area contributed by atoms with E-state index < -0.39 is 68.4 Å². The highest BCUT2D eigenvalue weighted by molar-refractivity contribution is 6.90. The van der Waals surface area contributed by atoms with E-state index in [-0.39, 0.29) is 22.2 Å². The minimum absolute atomic E-state index is 0.0599. The molecule has 13 heteroatoms. The average Bonchev–Trinajstić information content (AvgIpc) is 3.29. The zero-order valence-corrected chi connectivity index (χ0v) is 30.9. The minimum atomic E-state index is -3.02. The number of imidazole rings is 1. The zero-order chi connectivity index (χ0) is 32.2. The highest BCUT2D eigenvalue weighted by Crippen LogP contribution is 2.64. The Hall–Kier alpha value is -1.36. The van der Waals surface area contributed by atoms with Crippen LogP contribution >= 0.6 is 0 Å². The molecule has 0 bridgehead atoms. The Kier molecular flexibility index (Phi) is 7.97. The fourth-order valence-electron chi connectivity index (χ4n) is 6.01. The van der Waals surface area contributed by atoms with Gasteiger partial charge in [0, 0.05) is 0 Å². The number of aromatic nitrogens is 4. The summed E-state index contributed by atoms with van der Waals surface area (Å²) in [5.41, 5.74) is 4.66. The first kappa shape index (κ1) is 34.1. The van der Waals surface area contributed by atoms with Gasteiger partial charge in [-0.05, 0) is 15.1 Å². The number of nitrogens with zero attached hydrogens (tertiary/aromatic N) is 3. The van der Waals surface area contributed by atoms with Gasteiger partial charge in [-0.1, -0.05) is 102 Å². The van der Waals surface area contributed by atoms with E-state index in [4.69, 9.17) is 10.5 Å². The molecular formula is C28H55N5O5Si3. The molecule has 41 heavy (non-hydrogen) atoms. The topological polar surface area (TPSA) is 160 Å². The summed E-state index contributed by atoms with van der Waals surface area (Å²) < 4.78 is 8.47. The fourth-order valence-corrected chi connectivity index (χ4v) is 16.2. The van der Waals surface area contributed by atoms with E-state index >= 15 is 0 Å². The summed E-state index contributed by atoms with van der Waals surface area (Å²) >= 11 is 0. The number of nitrogens with one attached hydrogen (secondary N) is 1. The SMILES string of the molecule is CC(C)(C)[Si](C)(C)C(O)[C@H]1O[C@@H](n2cnc3c(=O)[nH]c(N)nc32)[C@@](O)([Si](C)(C)C(C)(C)C)[C@@]1(O)[Si](C)(C)C(C)(C)C. The summed E-state index contributed by atoms with van der Waals surface area (Å²) in [7, 11) is -8.59. The van der Waals surface area contributed by atoms with Crippen LogP contribution in [0.15, 0.2) is 11.1 Å². The van der Waals surface area contributed by atoms with E-state index in [2.05, 4.69) is 117 Å². The van der Waals surface area contributed by atoms with Crippen LogP contribution in [0.1, 0.15) is 68.5 Å². The maximum atomic E-state index is 13.6. The Morgan fingerprint density at radius 1 is 0.927 bits per heavy atom. The van der Waals surface area contributed by atoms with Crippen LogP contribution in [-0.4, -0.2) is 81.3 Å². The van der Waals surface area contributed by atoms with Crippen molar-refractivity contribution in [3.8, 4) is 0 Å². The molecule has 0 amide bonds. The molecule has 1 unspecified atom stereocenters. The van der Waals surface area contributed by atoms with E-state index in [0.29, 0.717) is 0 Å². The second-order valence-corrected chi connectivity index (χ2v) is 33.4. The maximum Gasteiger partial charge on any atom is 0.280 e. The number of nitrogen functional groups attached to an aromatic ring is 1. The summed E-state index contributed by atoms with van der Waals surface area (Å²) in [6, 6.07) is 0. The smallest absolute Gasteiger partial charge is 0.280 e. The first-order valence-corrected chi connectivity index (χ1v) is 23.6. The minimum Gasteiger partial charge on any atom is -0.394 e. The van der Waals surface area contributed by atoms with Gasteiger partial charge in [-0.25, -0.2) is 4.98 Å². The summed E-state index contributed by atoms with van der Waals surface area (Å²) in [4.78, 5) is 24.0. The fraction of sp³-hybridized carbons (Fsp3) is 0.821. The van der Waals surface area contributed by atoms with Crippen LogP contribution in [0.25, 0.3) is 11.2 Å². The van der Waals surface area contributed by atoms with Gasteiger partial charge in [0.1, 0.15) is 16.6 Å². The molecule has 3 heterocycles. The van der Waals surface area contributed by atoms with Crippen molar-refractivity contribution in [2.45, 2.75) is 145 Å². The van der Waals surface area contributed by atoms with Gasteiger partial charge in [0.05, 0.1) is 36.3 Å². The molecule has 0 aliphatic carbocycles. The predicted octanol–water partition coefficient (Wildman–Crippen LogP) is 4.57. The molecule has 2 aromatic heterocycles. The van der Waals surface area contributed by atoms with Crippen LogP contribution in [0.5, 0.6) is 0 Å². The Morgan fingerprint density at radius 2 is 1.39 bits per heavy atom. The number of fused-ring (bicyclic) bond motifs is 1. The molecule has 0 saturated carbocycles. The molecule has 5 atom stereocenters. The number of aliphatic hydroxyl groups is 3. The zero-order valence-electron chi connectivity index (χ0n) is 27.9. The average molecular weight is 626 g/mol. The van der Waals surface area contributed by atoms with Gasteiger partial charge in [0.15, 0.2) is 17.4 Å². The van der Waals surface area contributed by atoms with Crippen molar-refractivity contribution in [3.63, 3.8) is 0 Å². The number of hydrogen-bond acceptors (Lipinski definition) is 8. The number of nitrogens with two attached hydrogens (primary N) is 1. The Balaban J connectivity index is 2.56. The first-order chi connectivity index (χ1) is 18.0. The number of anilines is 1. The lowest BCUT2D eigenvalue weighted by molar-refractivity contribution is -0.0745. The monoisotopic (exact) mass is 625 g/mol. The van der Waals surface area contributed by atoms with E-state index in [1.807, 2.05) is 0 Å². The normalized spacial score (nSPS) is 28.0. The molecule has 1 fully saturated rings. The highest BCUT2D eigenvalue weighted by Gasteiger charge is 2.81. The predicted molar refractivity (Wildman–Crippen MR) is 174 cm³/mol. The lowest BCUT2D eigenvalue weighted by Gasteiger charge is -2.62. The Bertz CT molecular complexity index is 1370. The molecule has 1 aliphatic rings. The van der Waals surface area contributed by atoms with Crippen LogP contribution < -0.4 is 11.3 Å². The molecule has 2 aromatic rings. The summed E-state index contributed by atoms with van der Waals surface area (Å²) in [5, 5.41) is 35.0. The molecule has 3 rings (SSSR count). The lowest BCUT2D eigenvalue weighted by atomic mass is 10.1. The van der Waals surface area contributed by atoms with Crippen LogP contribution in [0.2, 0.25) is 54.4 Å². The molecule has 0 aromatic carbocycles. The van der Waals surface area contributed by atoms with Crippen LogP contribution in [0, 0.1) is 0 Å². The number of ether oxygens (including phenoxy) is 1. The Labute approximate surface area is 248 Å². The highest BCUT2D eigenvalue weighted by atomic mass is 28.3. The third-order valence-corrected chi connectivity index (χ3v) is 30.4. The van der Waals surface area contributed by atoms with Gasteiger partial charge in [-0.3, -0.25) is 14.3 Å². The largest absolute Gasteiger partial charge is 0.394 e. The molecule has 6 N–H and O–H groups in total. The van der Waals surface area contributed by atoms with Crippen LogP contribution in [-0.2, 0) is 4.74 Å². The summed E-state index contributed by atoms with van der Waals surface area (Å²) in [6.07, 6.45) is -0.835. The third kappa shape index (κ3) is 4.48. The van der Waals surface area contributed by atoms with Crippen molar-refractivity contribution in [1.82, 2.24) is 19.5 Å². The van der Waals surface area contributed by atoms with Crippen molar-refractivity contribution in [2.24, 2.45) is 0 Å². The van der Waals surface area contributed by atoms with Crippen molar-refractivity contribution >= 4 is 41.3 Å². The Morgan fingerprint density at radius 3 is 1.83 bits per heavy atom. The molecule has 1 aliphatic heterocycles. The number of aromatic amines is 1. The lowest BCUT2D eigenvalue weighted by Crippen LogP contribution is -2.83. The van der Waals surface area contributed by atoms with Gasteiger partial charge in [-0.15, -0.1) is 0 Å². The third-order valence-electron chi connectivity index (χ3n) is 11.9. The van der Waals surface area contributed by atoms with Crippen molar-refractivity contribution in [1.29, 1.82) is 0 Å². The molecular weight excluding hydrogens is 571 g/mol. The molecule has 234 valence electrons. The van der Waals surface area contributed by atoms with Crippen molar-refractivity contribution in [2.75, 3.05) is 5.73 Å². The first-order valence-electron chi connectivity index (χ1n) is 14.5. The van der Waals surface area contributed by atoms with E-state index in [0.717, 1.165) is 0 Å². The standard InChI is InChI=1S/C28H55N5O5Si3/c1-24(2,3)39(10,11)21(35)18-27(36,40(12,13)25(4,5)6)28(37,41(14,15)26(7,8)9)22(38-18)33-16-30-17-19(33)31-23(29)32-20(17)34/h16,18,21-22,35-37H,1-15H3,(H3,29,31,32,34)/t18-,21?,22-,27+,28-/m1/s1. The van der Waals surface area contributed by atoms with Crippen LogP contribution in [0.3, 0.4) is 0 Å². The van der Waals surface area contributed by atoms with Crippen LogP contribution in [0.4, 0.5) is 5.95 Å². The number of rotatable bonds is 5. The van der Waals surface area contributed by atoms with E-state index in [9.17, 15) is 20.1 Å². The van der Waals surface area contributed by atoms with Gasteiger partial charge in [-0.2, -0.15) is 4.98 Å².